The third kappa shape index (κ3) is 4.67. The van der Waals surface area contributed by atoms with Crippen LogP contribution in [0.2, 0.25) is 5.02 Å². The standard InChI is InChI=1S/C25H32ClN3/c1-29(2)15-12-20-9-7-10-21-17-25(13-4-3-5-14-25)24(28-23(20)21)27-18-19-8-6-11-22(26)16-19/h6-11,16H,3-5,12-15,17-18H2,1-2H3,(H,27,28). The van der Waals surface area contributed by atoms with E-state index in [1.165, 1.54) is 60.3 Å². The summed E-state index contributed by atoms with van der Waals surface area (Å²) in [4.78, 5) is 7.39. The first-order valence-electron chi connectivity index (χ1n) is 10.9. The number of anilines is 1. The number of benzene rings is 2. The summed E-state index contributed by atoms with van der Waals surface area (Å²) in [5, 5.41) is 4.61. The summed E-state index contributed by atoms with van der Waals surface area (Å²) >= 11 is 6.19. The molecular weight excluding hydrogens is 378 g/mol. The lowest BCUT2D eigenvalue weighted by atomic mass is 9.67. The molecule has 0 saturated heterocycles. The van der Waals surface area contributed by atoms with E-state index in [1.807, 2.05) is 18.2 Å². The Labute approximate surface area is 180 Å². The lowest BCUT2D eigenvalue weighted by Crippen LogP contribution is -2.44. The Morgan fingerprint density at radius 2 is 1.86 bits per heavy atom. The fourth-order valence-electron chi connectivity index (χ4n) is 4.87. The van der Waals surface area contributed by atoms with Gasteiger partial charge in [-0.25, -0.2) is 0 Å². The van der Waals surface area contributed by atoms with Crippen LogP contribution in [0.4, 0.5) is 5.69 Å². The molecule has 1 aliphatic carbocycles. The highest BCUT2D eigenvalue weighted by molar-refractivity contribution is 6.30. The third-order valence-corrected chi connectivity index (χ3v) is 6.69. The lowest BCUT2D eigenvalue weighted by molar-refractivity contribution is 0.278. The van der Waals surface area contributed by atoms with Crippen LogP contribution in [0.15, 0.2) is 47.5 Å². The molecule has 29 heavy (non-hydrogen) atoms. The molecule has 0 amide bonds. The van der Waals surface area contributed by atoms with E-state index in [0.29, 0.717) is 6.54 Å². The zero-order valence-corrected chi connectivity index (χ0v) is 18.4. The molecule has 0 radical (unpaired) electrons. The highest BCUT2D eigenvalue weighted by Crippen LogP contribution is 2.46. The molecule has 1 spiro atoms. The fourth-order valence-corrected chi connectivity index (χ4v) is 5.08. The van der Waals surface area contributed by atoms with Crippen molar-refractivity contribution in [2.75, 3.05) is 26.0 Å². The van der Waals surface area contributed by atoms with Gasteiger partial charge in [0, 0.05) is 22.7 Å². The van der Waals surface area contributed by atoms with E-state index in [4.69, 9.17) is 16.6 Å². The second kappa shape index (κ2) is 8.89. The molecule has 154 valence electrons. The minimum absolute atomic E-state index is 0.171. The van der Waals surface area contributed by atoms with E-state index in [-0.39, 0.29) is 5.41 Å². The van der Waals surface area contributed by atoms with Crippen LogP contribution in [-0.4, -0.2) is 31.4 Å². The molecule has 1 heterocycles. The molecule has 1 saturated carbocycles. The van der Waals surface area contributed by atoms with Gasteiger partial charge >= 0.3 is 0 Å². The van der Waals surface area contributed by atoms with Crippen molar-refractivity contribution in [2.45, 2.75) is 51.5 Å². The number of nitrogens with zero attached hydrogens (tertiary/aromatic N) is 2. The average Bonchev–Trinajstić information content (AvgIpc) is 2.71. The van der Waals surface area contributed by atoms with E-state index in [0.717, 1.165) is 24.4 Å². The molecule has 2 aromatic rings. The van der Waals surface area contributed by atoms with Crippen LogP contribution in [0.3, 0.4) is 0 Å². The Balaban J connectivity index is 1.66. The number of para-hydroxylation sites is 1. The largest absolute Gasteiger partial charge is 0.343 e. The number of hydrogen-bond donors (Lipinski definition) is 1. The maximum atomic E-state index is 6.19. The van der Waals surface area contributed by atoms with Crippen LogP contribution < -0.4 is 5.32 Å². The molecule has 4 heteroatoms. The van der Waals surface area contributed by atoms with Crippen LogP contribution in [-0.2, 0) is 19.4 Å². The van der Waals surface area contributed by atoms with Gasteiger partial charge in [0.1, 0.15) is 5.84 Å². The van der Waals surface area contributed by atoms with Gasteiger partial charge < -0.3 is 10.2 Å². The molecule has 0 aromatic heterocycles. The van der Waals surface area contributed by atoms with Gasteiger partial charge in [0.25, 0.3) is 0 Å². The smallest absolute Gasteiger partial charge is 0.108 e. The van der Waals surface area contributed by atoms with E-state index in [9.17, 15) is 0 Å². The highest BCUT2D eigenvalue weighted by atomic mass is 35.5. The summed E-state index contributed by atoms with van der Waals surface area (Å²) in [6.45, 7) is 1.73. The predicted molar refractivity (Wildman–Crippen MR) is 124 cm³/mol. The van der Waals surface area contributed by atoms with Gasteiger partial charge in [0.15, 0.2) is 0 Å². The second-order valence-electron chi connectivity index (χ2n) is 8.94. The van der Waals surface area contributed by atoms with Crippen molar-refractivity contribution in [1.82, 2.24) is 4.90 Å². The Bertz CT molecular complexity index is 881. The van der Waals surface area contributed by atoms with E-state index >= 15 is 0 Å². The summed E-state index contributed by atoms with van der Waals surface area (Å²) in [6.07, 6.45) is 8.57. The summed E-state index contributed by atoms with van der Waals surface area (Å²) in [5.74, 6) is 1.20. The average molecular weight is 410 g/mol. The van der Waals surface area contributed by atoms with Crippen molar-refractivity contribution in [3.05, 3.63) is 64.2 Å². The molecule has 0 atom stereocenters. The molecule has 0 bridgehead atoms. The van der Waals surface area contributed by atoms with Crippen LogP contribution in [0.5, 0.6) is 0 Å². The van der Waals surface area contributed by atoms with Crippen molar-refractivity contribution < 1.29 is 0 Å². The SMILES string of the molecule is CN(C)CCc1cccc2c1NC(=NCc1cccc(Cl)c1)C1(CCCCC1)C2. The molecule has 1 fully saturated rings. The number of aliphatic imine (C=N–C) groups is 1. The minimum atomic E-state index is 0.171. The van der Waals surface area contributed by atoms with Gasteiger partial charge in [-0.05, 0) is 68.6 Å². The van der Waals surface area contributed by atoms with Gasteiger partial charge in [-0.2, -0.15) is 0 Å². The van der Waals surface area contributed by atoms with Crippen LogP contribution in [0, 0.1) is 5.41 Å². The van der Waals surface area contributed by atoms with E-state index < -0.39 is 0 Å². The monoisotopic (exact) mass is 409 g/mol. The van der Waals surface area contributed by atoms with Gasteiger partial charge in [0.2, 0.25) is 0 Å². The number of likely N-dealkylation sites (N-methyl/N-ethyl adjacent to an activating group) is 1. The normalized spacial score (nSPS) is 19.4. The van der Waals surface area contributed by atoms with Crippen LogP contribution in [0.1, 0.15) is 48.8 Å². The van der Waals surface area contributed by atoms with E-state index in [1.54, 1.807) is 0 Å². The summed E-state index contributed by atoms with van der Waals surface area (Å²) in [5.41, 5.74) is 5.51. The fraction of sp³-hybridized carbons (Fsp3) is 0.480. The van der Waals surface area contributed by atoms with Crippen molar-refractivity contribution >= 4 is 23.1 Å². The predicted octanol–water partition coefficient (Wildman–Crippen LogP) is 5.96. The Morgan fingerprint density at radius 3 is 2.62 bits per heavy atom. The van der Waals surface area contributed by atoms with Crippen LogP contribution >= 0.6 is 11.6 Å². The van der Waals surface area contributed by atoms with E-state index in [2.05, 4.69) is 48.6 Å². The number of nitrogens with one attached hydrogen (secondary N) is 1. The number of rotatable bonds is 5. The van der Waals surface area contributed by atoms with Crippen molar-refractivity contribution in [2.24, 2.45) is 10.4 Å². The summed E-state index contributed by atoms with van der Waals surface area (Å²) in [6, 6.07) is 14.9. The Morgan fingerprint density at radius 1 is 1.07 bits per heavy atom. The molecular formula is C25H32ClN3. The second-order valence-corrected chi connectivity index (χ2v) is 9.38. The molecule has 1 aliphatic heterocycles. The topological polar surface area (TPSA) is 27.6 Å². The number of fused-ring (bicyclic) bond motifs is 1. The molecule has 2 aromatic carbocycles. The Kier molecular flexibility index (Phi) is 6.26. The summed E-state index contributed by atoms with van der Waals surface area (Å²) in [7, 11) is 4.27. The quantitative estimate of drug-likeness (QED) is 0.659. The lowest BCUT2D eigenvalue weighted by Gasteiger charge is -2.43. The third-order valence-electron chi connectivity index (χ3n) is 6.46. The zero-order chi connectivity index (χ0) is 20.3. The van der Waals surface area contributed by atoms with Crippen molar-refractivity contribution in [3.63, 3.8) is 0 Å². The van der Waals surface area contributed by atoms with Crippen LogP contribution in [0.25, 0.3) is 0 Å². The minimum Gasteiger partial charge on any atom is -0.343 e. The molecule has 4 rings (SSSR count). The molecule has 3 nitrogen and oxygen atoms in total. The van der Waals surface area contributed by atoms with Gasteiger partial charge in [-0.1, -0.05) is 61.2 Å². The first-order valence-corrected chi connectivity index (χ1v) is 11.3. The molecule has 1 N–H and O–H groups in total. The molecule has 2 aliphatic rings. The zero-order valence-electron chi connectivity index (χ0n) is 17.7. The van der Waals surface area contributed by atoms with Crippen molar-refractivity contribution in [3.8, 4) is 0 Å². The van der Waals surface area contributed by atoms with Gasteiger partial charge in [-0.15, -0.1) is 0 Å². The molecule has 0 unspecified atom stereocenters. The number of halogens is 1. The Hall–Kier alpha value is -1.84. The maximum Gasteiger partial charge on any atom is 0.108 e. The maximum absolute atomic E-state index is 6.19. The van der Waals surface area contributed by atoms with Gasteiger partial charge in [0.05, 0.1) is 6.54 Å². The summed E-state index contributed by atoms with van der Waals surface area (Å²) < 4.78 is 0. The first kappa shape index (κ1) is 20.4. The highest BCUT2D eigenvalue weighted by Gasteiger charge is 2.41. The number of amidine groups is 1. The number of hydrogen-bond acceptors (Lipinski definition) is 2. The van der Waals surface area contributed by atoms with Gasteiger partial charge in [-0.3, -0.25) is 4.99 Å². The first-order chi connectivity index (χ1) is 14.1. The van der Waals surface area contributed by atoms with Crippen molar-refractivity contribution in [1.29, 1.82) is 0 Å².